The number of nitrogens with two attached hydrogens (primary N) is 1. The molecule has 2 aromatic rings. The van der Waals surface area contributed by atoms with Crippen LogP contribution in [-0.4, -0.2) is 36.6 Å². The molecule has 3 rings (SSSR count). The Morgan fingerprint density at radius 3 is 2.56 bits per heavy atom. The number of nitrogens with zero attached hydrogens (tertiary/aromatic N) is 2. The number of ketones is 1. The molecule has 9 heteroatoms. The zero-order valence-electron chi connectivity index (χ0n) is 13.6. The highest BCUT2D eigenvalue weighted by Gasteiger charge is 2.31. The minimum absolute atomic E-state index is 0.0470. The maximum atomic E-state index is 12.4. The number of fused-ring (bicyclic) bond motifs is 1. The lowest BCUT2D eigenvalue weighted by atomic mass is 9.94. The number of primary sulfonamides is 1. The third-order valence-electron chi connectivity index (χ3n) is 3.96. The van der Waals surface area contributed by atoms with Crippen LogP contribution in [0.1, 0.15) is 46.3 Å². The average molecular weight is 363 g/mol. The van der Waals surface area contributed by atoms with Gasteiger partial charge in [0.05, 0.1) is 17.2 Å². The Bertz CT molecular complexity index is 945. The maximum Gasteiger partial charge on any atom is 0.359 e. The number of esters is 1. The van der Waals surface area contributed by atoms with Gasteiger partial charge in [-0.3, -0.25) is 4.79 Å². The minimum atomic E-state index is -3.82. The number of carbonyl (C=O) groups is 2. The van der Waals surface area contributed by atoms with Crippen LogP contribution in [0, 0.1) is 0 Å². The average Bonchev–Trinajstić information content (AvgIpc) is 2.95. The number of aromatic nitrogens is 2. The van der Waals surface area contributed by atoms with Crippen LogP contribution in [0.5, 0.6) is 0 Å². The summed E-state index contributed by atoms with van der Waals surface area (Å²) < 4.78 is 29.1. The Hall–Kier alpha value is -2.52. The van der Waals surface area contributed by atoms with Crippen molar-refractivity contribution in [3.05, 3.63) is 41.2 Å². The number of hydrogen-bond donors (Lipinski definition) is 1. The molecule has 1 aliphatic carbocycles. The van der Waals surface area contributed by atoms with Gasteiger partial charge < -0.3 is 4.74 Å². The minimum Gasteiger partial charge on any atom is -0.461 e. The van der Waals surface area contributed by atoms with E-state index in [0.29, 0.717) is 36.2 Å². The summed E-state index contributed by atoms with van der Waals surface area (Å²) in [6.07, 6.45) is 1.58. The number of sulfonamides is 1. The fraction of sp³-hybridized carbons (Fsp3) is 0.312. The van der Waals surface area contributed by atoms with Crippen molar-refractivity contribution in [2.45, 2.75) is 31.1 Å². The lowest BCUT2D eigenvalue weighted by Gasteiger charge is -2.13. The van der Waals surface area contributed by atoms with Gasteiger partial charge in [0.1, 0.15) is 5.69 Å². The van der Waals surface area contributed by atoms with Gasteiger partial charge in [-0.15, -0.1) is 0 Å². The zero-order chi connectivity index (χ0) is 18.2. The van der Waals surface area contributed by atoms with Crippen LogP contribution < -0.4 is 5.14 Å². The molecule has 8 nitrogen and oxygen atoms in total. The summed E-state index contributed by atoms with van der Waals surface area (Å²) in [4.78, 5) is 24.5. The van der Waals surface area contributed by atoms with Gasteiger partial charge in [0.25, 0.3) is 0 Å². The highest BCUT2D eigenvalue weighted by Crippen LogP contribution is 2.27. The predicted molar refractivity (Wildman–Crippen MR) is 88.2 cm³/mol. The summed E-state index contributed by atoms with van der Waals surface area (Å²) in [5, 5.41) is 9.35. The van der Waals surface area contributed by atoms with Crippen LogP contribution in [0.4, 0.5) is 0 Å². The Kier molecular flexibility index (Phi) is 4.44. The molecule has 0 saturated heterocycles. The molecule has 0 aliphatic heterocycles. The molecule has 1 aliphatic rings. The van der Waals surface area contributed by atoms with Gasteiger partial charge >= 0.3 is 5.97 Å². The van der Waals surface area contributed by atoms with Gasteiger partial charge in [0.15, 0.2) is 11.5 Å². The fourth-order valence-electron chi connectivity index (χ4n) is 2.85. The van der Waals surface area contributed by atoms with Crippen LogP contribution in [0.2, 0.25) is 0 Å². The molecule has 132 valence electrons. The summed E-state index contributed by atoms with van der Waals surface area (Å²) in [7, 11) is -3.82. The van der Waals surface area contributed by atoms with E-state index >= 15 is 0 Å². The summed E-state index contributed by atoms with van der Waals surface area (Å²) in [5.74, 6) is -0.687. The van der Waals surface area contributed by atoms with E-state index in [0.717, 1.165) is 0 Å². The van der Waals surface area contributed by atoms with Crippen molar-refractivity contribution in [3.8, 4) is 5.69 Å². The molecule has 0 fully saturated rings. The first kappa shape index (κ1) is 17.3. The first-order valence-electron chi connectivity index (χ1n) is 7.78. The van der Waals surface area contributed by atoms with Crippen molar-refractivity contribution in [2.75, 3.05) is 6.61 Å². The molecular weight excluding hydrogens is 346 g/mol. The molecular formula is C16H17N3O5S. The molecule has 1 heterocycles. The molecule has 25 heavy (non-hydrogen) atoms. The van der Waals surface area contributed by atoms with E-state index in [4.69, 9.17) is 9.88 Å². The standard InChI is InChI=1S/C16H17N3O5S/c1-2-24-16(21)14-12-4-3-5-13(20)15(12)19(18-14)10-6-8-11(9-7-10)25(17,22)23/h6-9H,2-5H2,1H3,(H2,17,22,23). The number of hydrogen-bond acceptors (Lipinski definition) is 6. The number of rotatable bonds is 4. The third-order valence-corrected chi connectivity index (χ3v) is 4.89. The quantitative estimate of drug-likeness (QED) is 0.815. The normalized spacial score (nSPS) is 14.2. The largest absolute Gasteiger partial charge is 0.461 e. The van der Waals surface area contributed by atoms with E-state index in [1.54, 1.807) is 6.92 Å². The van der Waals surface area contributed by atoms with Crippen molar-refractivity contribution in [3.63, 3.8) is 0 Å². The summed E-state index contributed by atoms with van der Waals surface area (Å²) >= 11 is 0. The monoisotopic (exact) mass is 363 g/mol. The van der Waals surface area contributed by atoms with Crippen molar-refractivity contribution in [1.82, 2.24) is 9.78 Å². The van der Waals surface area contributed by atoms with Crippen molar-refractivity contribution >= 4 is 21.8 Å². The topological polar surface area (TPSA) is 121 Å². The number of benzene rings is 1. The van der Waals surface area contributed by atoms with Gasteiger partial charge in [-0.05, 0) is 44.0 Å². The number of Topliss-reactive ketones (excluding diaryl/α,β-unsaturated/α-hetero) is 1. The first-order valence-corrected chi connectivity index (χ1v) is 9.33. The Morgan fingerprint density at radius 2 is 1.96 bits per heavy atom. The Balaban J connectivity index is 2.13. The summed E-state index contributed by atoms with van der Waals surface area (Å²) in [6, 6.07) is 5.64. The third kappa shape index (κ3) is 3.20. The molecule has 2 N–H and O–H groups in total. The van der Waals surface area contributed by atoms with Gasteiger partial charge in [0.2, 0.25) is 10.0 Å². The van der Waals surface area contributed by atoms with Crippen molar-refractivity contribution in [1.29, 1.82) is 0 Å². The van der Waals surface area contributed by atoms with E-state index in [-0.39, 0.29) is 23.0 Å². The van der Waals surface area contributed by atoms with E-state index in [1.165, 1.54) is 28.9 Å². The Labute approximate surface area is 144 Å². The van der Waals surface area contributed by atoms with Gasteiger partial charge in [-0.25, -0.2) is 23.0 Å². The van der Waals surface area contributed by atoms with Gasteiger partial charge in [0, 0.05) is 12.0 Å². The molecule has 1 aromatic heterocycles. The van der Waals surface area contributed by atoms with Crippen molar-refractivity contribution < 1.29 is 22.7 Å². The molecule has 0 saturated carbocycles. The van der Waals surface area contributed by atoms with Crippen LogP contribution in [0.3, 0.4) is 0 Å². The molecule has 1 aromatic carbocycles. The van der Waals surface area contributed by atoms with E-state index in [9.17, 15) is 18.0 Å². The SMILES string of the molecule is CCOC(=O)c1nn(-c2ccc(S(N)(=O)=O)cc2)c2c1CCCC2=O. The molecule has 0 spiro atoms. The lowest BCUT2D eigenvalue weighted by Crippen LogP contribution is -2.16. The van der Waals surface area contributed by atoms with E-state index in [2.05, 4.69) is 5.10 Å². The van der Waals surface area contributed by atoms with E-state index in [1.807, 2.05) is 0 Å². The smallest absolute Gasteiger partial charge is 0.359 e. The number of ether oxygens (including phenoxy) is 1. The zero-order valence-corrected chi connectivity index (χ0v) is 14.4. The molecule has 0 unspecified atom stereocenters. The van der Waals surface area contributed by atoms with Gasteiger partial charge in [-0.2, -0.15) is 5.10 Å². The van der Waals surface area contributed by atoms with Crippen LogP contribution in [-0.2, 0) is 21.2 Å². The Morgan fingerprint density at radius 1 is 1.28 bits per heavy atom. The predicted octanol–water partition coefficient (Wildman–Crippen LogP) is 1.22. The molecule has 0 bridgehead atoms. The second-order valence-electron chi connectivity index (χ2n) is 5.62. The van der Waals surface area contributed by atoms with Crippen LogP contribution in [0.25, 0.3) is 5.69 Å². The maximum absolute atomic E-state index is 12.4. The second-order valence-corrected chi connectivity index (χ2v) is 7.19. The first-order chi connectivity index (χ1) is 11.8. The molecule has 0 radical (unpaired) electrons. The second kappa shape index (κ2) is 6.41. The lowest BCUT2D eigenvalue weighted by molar-refractivity contribution is 0.0517. The highest BCUT2D eigenvalue weighted by molar-refractivity contribution is 7.89. The van der Waals surface area contributed by atoms with Crippen LogP contribution in [0.15, 0.2) is 29.2 Å². The fourth-order valence-corrected chi connectivity index (χ4v) is 3.36. The van der Waals surface area contributed by atoms with Gasteiger partial charge in [-0.1, -0.05) is 0 Å². The number of carbonyl (C=O) groups excluding carboxylic acids is 2. The summed E-state index contributed by atoms with van der Waals surface area (Å²) in [5.41, 5.74) is 1.51. The van der Waals surface area contributed by atoms with Crippen LogP contribution >= 0.6 is 0 Å². The summed E-state index contributed by atoms with van der Waals surface area (Å²) in [6.45, 7) is 1.90. The van der Waals surface area contributed by atoms with Crippen molar-refractivity contribution in [2.24, 2.45) is 5.14 Å². The van der Waals surface area contributed by atoms with E-state index < -0.39 is 16.0 Å². The molecule has 0 atom stereocenters. The molecule has 0 amide bonds. The highest BCUT2D eigenvalue weighted by atomic mass is 32.2.